The summed E-state index contributed by atoms with van der Waals surface area (Å²) in [6.07, 6.45) is 7.56. The molecule has 0 amide bonds. The Kier molecular flexibility index (Phi) is 6.14. The normalized spacial score (nSPS) is 21.1. The molecule has 1 fully saturated rings. The van der Waals surface area contributed by atoms with Crippen LogP contribution in [0.15, 0.2) is 41.9 Å². The monoisotopic (exact) mass is 377 g/mol. The third kappa shape index (κ3) is 4.36. The Hall–Kier alpha value is -2.08. The molecule has 0 bridgehead atoms. The predicted molar refractivity (Wildman–Crippen MR) is 103 cm³/mol. The van der Waals surface area contributed by atoms with Crippen LogP contribution in [0.2, 0.25) is 5.02 Å². The Bertz CT molecular complexity index is 746. The van der Waals surface area contributed by atoms with E-state index in [0.29, 0.717) is 29.9 Å². The van der Waals surface area contributed by atoms with E-state index >= 15 is 0 Å². The van der Waals surface area contributed by atoms with Crippen LogP contribution in [0.5, 0.6) is 0 Å². The van der Waals surface area contributed by atoms with Gasteiger partial charge in [-0.05, 0) is 36.5 Å². The van der Waals surface area contributed by atoms with Crippen LogP contribution in [-0.2, 0) is 6.42 Å². The van der Waals surface area contributed by atoms with Gasteiger partial charge in [-0.1, -0.05) is 24.6 Å². The van der Waals surface area contributed by atoms with Gasteiger partial charge in [-0.15, -0.1) is 0 Å². The molecule has 0 spiro atoms. The van der Waals surface area contributed by atoms with Gasteiger partial charge in [0.2, 0.25) is 0 Å². The number of halogens is 2. The van der Waals surface area contributed by atoms with Gasteiger partial charge in [-0.25, -0.2) is 9.37 Å². The van der Waals surface area contributed by atoms with Gasteiger partial charge >= 0.3 is 0 Å². The van der Waals surface area contributed by atoms with E-state index in [1.54, 1.807) is 13.1 Å². The molecule has 1 aromatic heterocycles. The fourth-order valence-corrected chi connectivity index (χ4v) is 3.72. The predicted octanol–water partition coefficient (Wildman–Crippen LogP) is 3.38. The van der Waals surface area contributed by atoms with Crippen molar-refractivity contribution in [2.45, 2.75) is 25.8 Å². The van der Waals surface area contributed by atoms with Crippen LogP contribution >= 0.6 is 11.6 Å². The Morgan fingerprint density at radius 3 is 3.00 bits per heavy atom. The molecule has 1 aliphatic heterocycles. The molecule has 2 unspecified atom stereocenters. The van der Waals surface area contributed by atoms with Crippen molar-refractivity contribution < 1.29 is 4.39 Å². The molecule has 2 atom stereocenters. The van der Waals surface area contributed by atoms with Crippen molar-refractivity contribution in [3.63, 3.8) is 0 Å². The molecule has 7 heteroatoms. The Morgan fingerprint density at radius 2 is 2.31 bits per heavy atom. The summed E-state index contributed by atoms with van der Waals surface area (Å²) < 4.78 is 15.3. The molecule has 1 saturated heterocycles. The number of hydrogen-bond acceptors (Lipinski definition) is 2. The van der Waals surface area contributed by atoms with Gasteiger partial charge in [0.15, 0.2) is 5.96 Å². The molecule has 140 valence electrons. The van der Waals surface area contributed by atoms with E-state index in [0.717, 1.165) is 31.0 Å². The van der Waals surface area contributed by atoms with Crippen molar-refractivity contribution in [3.8, 4) is 0 Å². The lowest BCUT2D eigenvalue weighted by atomic mass is 9.93. The second kappa shape index (κ2) is 8.54. The number of benzene rings is 1. The molecule has 1 aromatic carbocycles. The van der Waals surface area contributed by atoms with Crippen LogP contribution in [-0.4, -0.2) is 47.1 Å². The van der Waals surface area contributed by atoms with Crippen LogP contribution in [0.3, 0.4) is 0 Å². The van der Waals surface area contributed by atoms with E-state index in [9.17, 15) is 4.39 Å². The highest BCUT2D eigenvalue weighted by Gasteiger charge is 2.28. The molecule has 0 saturated carbocycles. The van der Waals surface area contributed by atoms with E-state index in [-0.39, 0.29) is 5.82 Å². The Labute approximate surface area is 158 Å². The van der Waals surface area contributed by atoms with Crippen molar-refractivity contribution in [2.24, 2.45) is 10.9 Å². The number of imidazole rings is 1. The summed E-state index contributed by atoms with van der Waals surface area (Å²) in [6, 6.07) is 4.92. The number of piperidine rings is 1. The molecule has 2 aromatic rings. The molecule has 0 radical (unpaired) electrons. The SMILES string of the molecule is CN=C(NCCc1ccc(F)cc1Cl)N1CCC(C)C(n2ccnc2)C1. The van der Waals surface area contributed by atoms with E-state index in [1.165, 1.54) is 12.1 Å². The number of nitrogens with one attached hydrogen (secondary N) is 1. The molecule has 1 aliphatic rings. The lowest BCUT2D eigenvalue weighted by Gasteiger charge is -2.39. The standard InChI is InChI=1S/C19H25ClFN5/c1-14-6-9-25(12-18(14)26-10-8-23-13-26)19(22-2)24-7-5-15-3-4-16(21)11-17(15)20/h3-4,8,10-11,13-14,18H,5-7,9,12H2,1-2H3,(H,22,24). The molecular weight excluding hydrogens is 353 g/mol. The number of nitrogens with zero attached hydrogens (tertiary/aromatic N) is 4. The van der Waals surface area contributed by atoms with Gasteiger partial charge in [0.05, 0.1) is 12.4 Å². The third-order valence-electron chi connectivity index (χ3n) is 5.03. The summed E-state index contributed by atoms with van der Waals surface area (Å²) >= 11 is 6.10. The van der Waals surface area contributed by atoms with Crippen LogP contribution in [0.25, 0.3) is 0 Å². The highest BCUT2D eigenvalue weighted by atomic mass is 35.5. The highest BCUT2D eigenvalue weighted by Crippen LogP contribution is 2.27. The Morgan fingerprint density at radius 1 is 1.46 bits per heavy atom. The molecule has 1 N–H and O–H groups in total. The number of aromatic nitrogens is 2. The first kappa shape index (κ1) is 18.7. The van der Waals surface area contributed by atoms with Crippen molar-refractivity contribution in [1.82, 2.24) is 19.8 Å². The fourth-order valence-electron chi connectivity index (χ4n) is 3.46. The van der Waals surface area contributed by atoms with Crippen LogP contribution in [0.4, 0.5) is 4.39 Å². The maximum Gasteiger partial charge on any atom is 0.193 e. The lowest BCUT2D eigenvalue weighted by molar-refractivity contribution is 0.189. The molecule has 0 aliphatic carbocycles. The fraction of sp³-hybridized carbons (Fsp3) is 0.474. The summed E-state index contributed by atoms with van der Waals surface area (Å²) in [5, 5.41) is 3.88. The second-order valence-electron chi connectivity index (χ2n) is 6.75. The van der Waals surface area contributed by atoms with E-state index < -0.39 is 0 Å². The number of aliphatic imine (C=N–C) groups is 1. The topological polar surface area (TPSA) is 45.5 Å². The summed E-state index contributed by atoms with van der Waals surface area (Å²) in [5.74, 6) is 1.17. The smallest absolute Gasteiger partial charge is 0.193 e. The zero-order chi connectivity index (χ0) is 18.5. The van der Waals surface area contributed by atoms with E-state index in [1.807, 2.05) is 18.7 Å². The second-order valence-corrected chi connectivity index (χ2v) is 7.16. The van der Waals surface area contributed by atoms with Crippen molar-refractivity contribution in [3.05, 3.63) is 53.3 Å². The number of rotatable bonds is 4. The first-order valence-electron chi connectivity index (χ1n) is 8.95. The zero-order valence-corrected chi connectivity index (χ0v) is 16.0. The maximum atomic E-state index is 13.1. The van der Waals surface area contributed by atoms with Crippen molar-refractivity contribution in [1.29, 1.82) is 0 Å². The summed E-state index contributed by atoms with van der Waals surface area (Å²) in [7, 11) is 1.80. The molecular formula is C19H25ClFN5. The average Bonchev–Trinajstić information content (AvgIpc) is 3.15. The first-order valence-corrected chi connectivity index (χ1v) is 9.33. The number of likely N-dealkylation sites (tertiary alicyclic amines) is 1. The number of guanidine groups is 1. The van der Waals surface area contributed by atoms with E-state index in [4.69, 9.17) is 11.6 Å². The summed E-state index contributed by atoms with van der Waals surface area (Å²) in [5.41, 5.74) is 0.930. The van der Waals surface area contributed by atoms with Gasteiger partial charge in [0.25, 0.3) is 0 Å². The summed E-state index contributed by atoms with van der Waals surface area (Å²) in [6.45, 7) is 4.85. The van der Waals surface area contributed by atoms with Crippen LogP contribution in [0.1, 0.15) is 24.9 Å². The largest absolute Gasteiger partial charge is 0.356 e. The Balaban J connectivity index is 1.58. The van der Waals surface area contributed by atoms with Gasteiger partial charge < -0.3 is 14.8 Å². The van der Waals surface area contributed by atoms with Crippen molar-refractivity contribution >= 4 is 17.6 Å². The lowest BCUT2D eigenvalue weighted by Crippen LogP contribution is -2.49. The van der Waals surface area contributed by atoms with E-state index in [2.05, 4.69) is 31.7 Å². The van der Waals surface area contributed by atoms with Gasteiger partial charge in [0, 0.05) is 44.1 Å². The molecule has 3 rings (SSSR count). The summed E-state index contributed by atoms with van der Waals surface area (Å²) in [4.78, 5) is 10.9. The van der Waals surface area contributed by atoms with Gasteiger partial charge in [-0.2, -0.15) is 0 Å². The van der Waals surface area contributed by atoms with Crippen LogP contribution < -0.4 is 5.32 Å². The maximum absolute atomic E-state index is 13.1. The molecule has 5 nitrogen and oxygen atoms in total. The minimum absolute atomic E-state index is 0.310. The average molecular weight is 378 g/mol. The highest BCUT2D eigenvalue weighted by molar-refractivity contribution is 6.31. The molecule has 26 heavy (non-hydrogen) atoms. The minimum atomic E-state index is -0.310. The quantitative estimate of drug-likeness (QED) is 0.656. The zero-order valence-electron chi connectivity index (χ0n) is 15.2. The molecule has 2 heterocycles. The minimum Gasteiger partial charge on any atom is -0.356 e. The third-order valence-corrected chi connectivity index (χ3v) is 5.38. The van der Waals surface area contributed by atoms with Crippen LogP contribution in [0, 0.1) is 11.7 Å². The van der Waals surface area contributed by atoms with Gasteiger partial charge in [-0.3, -0.25) is 4.99 Å². The first-order chi connectivity index (χ1) is 12.6. The number of hydrogen-bond donors (Lipinski definition) is 1. The van der Waals surface area contributed by atoms with Gasteiger partial charge in [0.1, 0.15) is 5.82 Å². The van der Waals surface area contributed by atoms with Crippen molar-refractivity contribution in [2.75, 3.05) is 26.7 Å².